The van der Waals surface area contributed by atoms with E-state index >= 15 is 0 Å². The standard InChI is InChI=1S/C16H22N2O3/c1-12(11-15(19)20)13-5-7-14(8-6-13)17-16(21)18-9-3-2-4-10-18/h5-8,12H,2-4,9-11H2,1H3,(H,17,21)(H,19,20). The number of amides is 2. The van der Waals surface area contributed by atoms with E-state index in [0.29, 0.717) is 0 Å². The average molecular weight is 290 g/mol. The van der Waals surface area contributed by atoms with Gasteiger partial charge in [0, 0.05) is 18.8 Å². The summed E-state index contributed by atoms with van der Waals surface area (Å²) in [5.74, 6) is -0.834. The van der Waals surface area contributed by atoms with Crippen LogP contribution in [0.25, 0.3) is 0 Å². The van der Waals surface area contributed by atoms with Gasteiger partial charge in [0.2, 0.25) is 0 Å². The Bertz CT molecular complexity index is 493. The Morgan fingerprint density at radius 1 is 1.19 bits per heavy atom. The summed E-state index contributed by atoms with van der Waals surface area (Å²) in [4.78, 5) is 24.6. The molecule has 1 unspecified atom stereocenters. The zero-order valence-electron chi connectivity index (χ0n) is 12.3. The van der Waals surface area contributed by atoms with Crippen LogP contribution in [0.3, 0.4) is 0 Å². The zero-order chi connectivity index (χ0) is 15.2. The van der Waals surface area contributed by atoms with Crippen LogP contribution in [0.1, 0.15) is 44.1 Å². The molecule has 114 valence electrons. The Kier molecular flexibility index (Phi) is 5.20. The van der Waals surface area contributed by atoms with Crippen molar-refractivity contribution in [2.45, 2.75) is 38.5 Å². The normalized spacial score (nSPS) is 16.3. The van der Waals surface area contributed by atoms with E-state index in [1.807, 2.05) is 36.1 Å². The second-order valence-electron chi connectivity index (χ2n) is 5.60. The third-order valence-electron chi connectivity index (χ3n) is 3.86. The second-order valence-corrected chi connectivity index (χ2v) is 5.60. The molecule has 0 spiro atoms. The summed E-state index contributed by atoms with van der Waals surface area (Å²) < 4.78 is 0. The summed E-state index contributed by atoms with van der Waals surface area (Å²) in [5, 5.41) is 11.7. The van der Waals surface area contributed by atoms with E-state index in [0.717, 1.165) is 37.2 Å². The van der Waals surface area contributed by atoms with Crippen molar-refractivity contribution in [1.29, 1.82) is 0 Å². The monoisotopic (exact) mass is 290 g/mol. The molecule has 2 amide bonds. The van der Waals surface area contributed by atoms with Crippen molar-refractivity contribution in [2.24, 2.45) is 0 Å². The molecule has 1 atom stereocenters. The Balaban J connectivity index is 1.92. The minimum atomic E-state index is -0.801. The molecule has 2 N–H and O–H groups in total. The highest BCUT2D eigenvalue weighted by molar-refractivity contribution is 5.89. The van der Waals surface area contributed by atoms with Crippen molar-refractivity contribution in [1.82, 2.24) is 4.90 Å². The molecule has 1 heterocycles. The molecule has 1 saturated heterocycles. The van der Waals surface area contributed by atoms with Crippen molar-refractivity contribution in [3.8, 4) is 0 Å². The molecular weight excluding hydrogens is 268 g/mol. The fraction of sp³-hybridized carbons (Fsp3) is 0.500. The number of aliphatic carboxylic acids is 1. The Hall–Kier alpha value is -2.04. The van der Waals surface area contributed by atoms with E-state index < -0.39 is 5.97 Å². The predicted molar refractivity (Wildman–Crippen MR) is 81.6 cm³/mol. The number of rotatable bonds is 4. The maximum Gasteiger partial charge on any atom is 0.321 e. The number of carboxylic acids is 1. The largest absolute Gasteiger partial charge is 0.481 e. The number of nitrogens with zero attached hydrogens (tertiary/aromatic N) is 1. The lowest BCUT2D eigenvalue weighted by Gasteiger charge is -2.26. The van der Waals surface area contributed by atoms with Crippen LogP contribution >= 0.6 is 0 Å². The van der Waals surface area contributed by atoms with E-state index in [9.17, 15) is 9.59 Å². The molecule has 0 bridgehead atoms. The van der Waals surface area contributed by atoms with E-state index in [4.69, 9.17) is 5.11 Å². The number of carboxylic acid groups (broad SMARTS) is 1. The SMILES string of the molecule is CC(CC(=O)O)c1ccc(NC(=O)N2CCCCC2)cc1. The third kappa shape index (κ3) is 4.48. The first kappa shape index (κ1) is 15.4. The third-order valence-corrected chi connectivity index (χ3v) is 3.86. The number of urea groups is 1. The molecule has 5 heteroatoms. The van der Waals surface area contributed by atoms with Gasteiger partial charge in [0.25, 0.3) is 0 Å². The summed E-state index contributed by atoms with van der Waals surface area (Å²) in [5.41, 5.74) is 1.71. The summed E-state index contributed by atoms with van der Waals surface area (Å²) in [7, 11) is 0. The van der Waals surface area contributed by atoms with Gasteiger partial charge in [0.05, 0.1) is 6.42 Å². The van der Waals surface area contributed by atoms with Crippen LogP contribution < -0.4 is 5.32 Å². The first-order chi connectivity index (χ1) is 10.1. The lowest BCUT2D eigenvalue weighted by atomic mass is 9.98. The van der Waals surface area contributed by atoms with Gasteiger partial charge in [-0.25, -0.2) is 4.79 Å². The molecule has 1 aliphatic rings. The number of hydrogen-bond acceptors (Lipinski definition) is 2. The predicted octanol–water partition coefficient (Wildman–Crippen LogP) is 3.28. The number of benzene rings is 1. The number of carbonyl (C=O) groups is 2. The Morgan fingerprint density at radius 2 is 1.81 bits per heavy atom. The minimum absolute atomic E-state index is 0.0330. The van der Waals surface area contributed by atoms with Gasteiger partial charge in [-0.3, -0.25) is 4.79 Å². The van der Waals surface area contributed by atoms with Crippen molar-refractivity contribution in [3.05, 3.63) is 29.8 Å². The minimum Gasteiger partial charge on any atom is -0.481 e. The smallest absolute Gasteiger partial charge is 0.321 e. The van der Waals surface area contributed by atoms with E-state index in [2.05, 4.69) is 5.32 Å². The molecular formula is C16H22N2O3. The van der Waals surface area contributed by atoms with Gasteiger partial charge in [-0.2, -0.15) is 0 Å². The highest BCUT2D eigenvalue weighted by Crippen LogP contribution is 2.21. The van der Waals surface area contributed by atoms with Gasteiger partial charge in [0.15, 0.2) is 0 Å². The number of nitrogens with one attached hydrogen (secondary N) is 1. The van der Waals surface area contributed by atoms with Gasteiger partial charge >= 0.3 is 12.0 Å². The molecule has 0 radical (unpaired) electrons. The molecule has 1 aromatic carbocycles. The molecule has 5 nitrogen and oxygen atoms in total. The van der Waals surface area contributed by atoms with Gasteiger partial charge < -0.3 is 15.3 Å². The molecule has 0 saturated carbocycles. The first-order valence-electron chi connectivity index (χ1n) is 7.44. The molecule has 21 heavy (non-hydrogen) atoms. The molecule has 0 aromatic heterocycles. The van der Waals surface area contributed by atoms with E-state index in [1.165, 1.54) is 6.42 Å². The van der Waals surface area contributed by atoms with Crippen molar-refractivity contribution in [3.63, 3.8) is 0 Å². The summed E-state index contributed by atoms with van der Waals surface area (Å²) in [6.07, 6.45) is 3.44. The number of likely N-dealkylation sites (tertiary alicyclic amines) is 1. The number of piperidine rings is 1. The number of anilines is 1. The fourth-order valence-electron chi connectivity index (χ4n) is 2.57. The molecule has 2 rings (SSSR count). The van der Waals surface area contributed by atoms with Gasteiger partial charge in [0.1, 0.15) is 0 Å². The van der Waals surface area contributed by atoms with Crippen LogP contribution in [0, 0.1) is 0 Å². The fourth-order valence-corrected chi connectivity index (χ4v) is 2.57. The van der Waals surface area contributed by atoms with E-state index in [-0.39, 0.29) is 18.4 Å². The maximum absolute atomic E-state index is 12.1. The topological polar surface area (TPSA) is 69.6 Å². The maximum atomic E-state index is 12.1. The molecule has 1 aliphatic heterocycles. The van der Waals surface area contributed by atoms with Crippen LogP contribution in [0.15, 0.2) is 24.3 Å². The summed E-state index contributed by atoms with van der Waals surface area (Å²) in [6, 6.07) is 7.35. The van der Waals surface area contributed by atoms with Crippen LogP contribution in [-0.2, 0) is 4.79 Å². The quantitative estimate of drug-likeness (QED) is 0.894. The van der Waals surface area contributed by atoms with Crippen molar-refractivity contribution >= 4 is 17.7 Å². The van der Waals surface area contributed by atoms with Gasteiger partial charge in [-0.15, -0.1) is 0 Å². The summed E-state index contributed by atoms with van der Waals surface area (Å²) in [6.45, 7) is 3.52. The average Bonchev–Trinajstić information content (AvgIpc) is 2.48. The van der Waals surface area contributed by atoms with Crippen LogP contribution in [0.4, 0.5) is 10.5 Å². The number of carbonyl (C=O) groups excluding carboxylic acids is 1. The zero-order valence-corrected chi connectivity index (χ0v) is 12.3. The highest BCUT2D eigenvalue weighted by Gasteiger charge is 2.16. The van der Waals surface area contributed by atoms with E-state index in [1.54, 1.807) is 0 Å². The first-order valence-corrected chi connectivity index (χ1v) is 7.44. The van der Waals surface area contributed by atoms with Crippen molar-refractivity contribution < 1.29 is 14.7 Å². The van der Waals surface area contributed by atoms with Crippen LogP contribution in [0.2, 0.25) is 0 Å². The molecule has 0 aliphatic carbocycles. The second kappa shape index (κ2) is 7.11. The van der Waals surface area contributed by atoms with Gasteiger partial charge in [-0.05, 0) is 42.9 Å². The van der Waals surface area contributed by atoms with Crippen molar-refractivity contribution in [2.75, 3.05) is 18.4 Å². The molecule has 1 aromatic rings. The lowest BCUT2D eigenvalue weighted by molar-refractivity contribution is -0.137. The van der Waals surface area contributed by atoms with Crippen LogP contribution in [-0.4, -0.2) is 35.1 Å². The van der Waals surface area contributed by atoms with Crippen LogP contribution in [0.5, 0.6) is 0 Å². The van der Waals surface area contributed by atoms with Gasteiger partial charge in [-0.1, -0.05) is 19.1 Å². The highest BCUT2D eigenvalue weighted by atomic mass is 16.4. The lowest BCUT2D eigenvalue weighted by Crippen LogP contribution is -2.38. The Morgan fingerprint density at radius 3 is 2.38 bits per heavy atom. The summed E-state index contributed by atoms with van der Waals surface area (Å²) >= 11 is 0. The Labute approximate surface area is 125 Å². The number of hydrogen-bond donors (Lipinski definition) is 2. The molecule has 1 fully saturated rings.